The largest absolute Gasteiger partial charge is 0.508 e. The second-order valence-electron chi connectivity index (χ2n) is 4.00. The van der Waals surface area contributed by atoms with Crippen LogP contribution in [-0.4, -0.2) is 24.8 Å². The summed E-state index contributed by atoms with van der Waals surface area (Å²) in [5.74, 6) is 0.340. The maximum atomic E-state index is 9.86. The van der Waals surface area contributed by atoms with E-state index in [1.54, 1.807) is 6.07 Å². The topological polar surface area (TPSA) is 41.5 Å². The normalized spacial score (nSPS) is 21.6. The van der Waals surface area contributed by atoms with Crippen LogP contribution in [0.4, 0.5) is 0 Å². The van der Waals surface area contributed by atoms with E-state index in [9.17, 15) is 5.11 Å². The lowest BCUT2D eigenvalue weighted by atomic mass is 9.97. The fourth-order valence-corrected chi connectivity index (χ4v) is 1.98. The number of benzene rings is 1. The molecule has 0 bridgehead atoms. The Hall–Kier alpha value is -1.06. The number of hydrogen-bond donors (Lipinski definition) is 2. The van der Waals surface area contributed by atoms with Gasteiger partial charge < -0.3 is 15.2 Å². The van der Waals surface area contributed by atoms with Gasteiger partial charge in [0.25, 0.3) is 0 Å². The van der Waals surface area contributed by atoms with Crippen LogP contribution in [0.2, 0.25) is 0 Å². The summed E-state index contributed by atoms with van der Waals surface area (Å²) in [7, 11) is 0. The highest BCUT2D eigenvalue weighted by Gasteiger charge is 2.21. The Morgan fingerprint density at radius 1 is 1.40 bits per heavy atom. The van der Waals surface area contributed by atoms with Gasteiger partial charge in [-0.3, -0.25) is 0 Å². The molecule has 1 aliphatic heterocycles. The summed E-state index contributed by atoms with van der Waals surface area (Å²) in [6.45, 7) is 6.45. The van der Waals surface area contributed by atoms with Crippen LogP contribution in [0.5, 0.6) is 5.75 Å². The minimum Gasteiger partial charge on any atom is -0.508 e. The van der Waals surface area contributed by atoms with Crippen molar-refractivity contribution >= 4 is 0 Å². The predicted octanol–water partition coefficient (Wildman–Crippen LogP) is 1.67. The van der Waals surface area contributed by atoms with Gasteiger partial charge in [-0.05, 0) is 31.0 Å². The van der Waals surface area contributed by atoms with E-state index in [-0.39, 0.29) is 6.10 Å². The van der Waals surface area contributed by atoms with Crippen molar-refractivity contribution in [2.24, 2.45) is 0 Å². The van der Waals surface area contributed by atoms with Gasteiger partial charge in [0.05, 0.1) is 12.7 Å². The Labute approximate surface area is 90.1 Å². The summed E-state index contributed by atoms with van der Waals surface area (Å²) in [5, 5.41) is 13.1. The van der Waals surface area contributed by atoms with Crippen molar-refractivity contribution in [3.63, 3.8) is 0 Å². The Bertz CT molecular complexity index is 357. The smallest absolute Gasteiger partial charge is 0.121 e. The molecule has 82 valence electrons. The zero-order valence-electron chi connectivity index (χ0n) is 9.21. The van der Waals surface area contributed by atoms with Crippen molar-refractivity contribution in [1.29, 1.82) is 0 Å². The van der Waals surface area contributed by atoms with E-state index in [2.05, 4.69) is 12.2 Å². The molecule has 1 atom stereocenters. The Morgan fingerprint density at radius 3 is 2.87 bits per heavy atom. The summed E-state index contributed by atoms with van der Waals surface area (Å²) < 4.78 is 5.66. The summed E-state index contributed by atoms with van der Waals surface area (Å²) >= 11 is 0. The standard InChI is InChI=1S/C12H17NO2/c1-8-3-4-10(14)12(9(8)2)11-7-13-5-6-15-11/h3-4,11,13-14H,5-7H2,1-2H3. The van der Waals surface area contributed by atoms with Crippen LogP contribution in [0.15, 0.2) is 12.1 Å². The Balaban J connectivity index is 2.36. The fourth-order valence-electron chi connectivity index (χ4n) is 1.98. The monoisotopic (exact) mass is 207 g/mol. The Morgan fingerprint density at radius 2 is 2.20 bits per heavy atom. The van der Waals surface area contributed by atoms with Crippen molar-refractivity contribution in [2.45, 2.75) is 20.0 Å². The first-order valence-corrected chi connectivity index (χ1v) is 5.31. The Kier molecular flexibility index (Phi) is 2.93. The lowest BCUT2D eigenvalue weighted by molar-refractivity contribution is 0.0259. The molecule has 3 heteroatoms. The molecule has 3 nitrogen and oxygen atoms in total. The van der Waals surface area contributed by atoms with Crippen LogP contribution < -0.4 is 5.32 Å². The van der Waals surface area contributed by atoms with Crippen molar-refractivity contribution in [3.8, 4) is 5.75 Å². The van der Waals surface area contributed by atoms with Crippen LogP contribution in [-0.2, 0) is 4.74 Å². The minimum absolute atomic E-state index is 0.0151. The van der Waals surface area contributed by atoms with E-state index in [1.807, 2.05) is 13.0 Å². The molecule has 1 fully saturated rings. The molecule has 0 aliphatic carbocycles. The number of hydrogen-bond acceptors (Lipinski definition) is 3. The molecule has 15 heavy (non-hydrogen) atoms. The van der Waals surface area contributed by atoms with Crippen molar-refractivity contribution < 1.29 is 9.84 Å². The highest BCUT2D eigenvalue weighted by Crippen LogP contribution is 2.32. The molecule has 0 amide bonds. The van der Waals surface area contributed by atoms with Gasteiger partial charge in [0.1, 0.15) is 5.75 Å². The first kappa shape index (κ1) is 10.5. The van der Waals surface area contributed by atoms with E-state index < -0.39 is 0 Å². The highest BCUT2D eigenvalue weighted by molar-refractivity contribution is 5.44. The maximum absolute atomic E-state index is 9.86. The van der Waals surface area contributed by atoms with Crippen LogP contribution in [0.3, 0.4) is 0 Å². The molecular formula is C12H17NO2. The fraction of sp³-hybridized carbons (Fsp3) is 0.500. The molecule has 1 aromatic rings. The lowest BCUT2D eigenvalue weighted by Crippen LogP contribution is -2.33. The summed E-state index contributed by atoms with van der Waals surface area (Å²) in [4.78, 5) is 0. The SMILES string of the molecule is Cc1ccc(O)c(C2CNCCO2)c1C. The molecule has 2 N–H and O–H groups in total. The second-order valence-corrected chi connectivity index (χ2v) is 4.00. The minimum atomic E-state index is -0.0151. The van der Waals surface area contributed by atoms with E-state index in [0.717, 1.165) is 24.2 Å². The lowest BCUT2D eigenvalue weighted by Gasteiger charge is -2.26. The molecule has 1 aromatic carbocycles. The van der Waals surface area contributed by atoms with Gasteiger partial charge >= 0.3 is 0 Å². The molecule has 2 rings (SSSR count). The number of phenolic OH excluding ortho intramolecular Hbond substituents is 1. The van der Waals surface area contributed by atoms with Gasteiger partial charge in [-0.1, -0.05) is 6.07 Å². The van der Waals surface area contributed by atoms with E-state index in [0.29, 0.717) is 12.4 Å². The van der Waals surface area contributed by atoms with Crippen molar-refractivity contribution in [1.82, 2.24) is 5.32 Å². The molecular weight excluding hydrogens is 190 g/mol. The number of aromatic hydroxyl groups is 1. The van der Waals surface area contributed by atoms with E-state index >= 15 is 0 Å². The van der Waals surface area contributed by atoms with Gasteiger partial charge in [0.2, 0.25) is 0 Å². The molecule has 0 saturated carbocycles. The summed E-state index contributed by atoms with van der Waals surface area (Å²) in [5.41, 5.74) is 3.25. The number of ether oxygens (including phenoxy) is 1. The van der Waals surface area contributed by atoms with E-state index in [4.69, 9.17) is 4.74 Å². The molecule has 0 aromatic heterocycles. The first-order valence-electron chi connectivity index (χ1n) is 5.31. The maximum Gasteiger partial charge on any atom is 0.121 e. The number of phenols is 1. The molecule has 1 aliphatic rings. The van der Waals surface area contributed by atoms with Crippen LogP contribution in [0.25, 0.3) is 0 Å². The first-order chi connectivity index (χ1) is 7.20. The van der Waals surface area contributed by atoms with E-state index in [1.165, 1.54) is 5.56 Å². The predicted molar refractivity (Wildman–Crippen MR) is 59.1 cm³/mol. The molecule has 0 radical (unpaired) electrons. The van der Waals surface area contributed by atoms with Crippen molar-refractivity contribution in [2.75, 3.05) is 19.7 Å². The summed E-state index contributed by atoms with van der Waals surface area (Å²) in [6, 6.07) is 3.68. The summed E-state index contributed by atoms with van der Waals surface area (Å²) in [6.07, 6.45) is -0.0151. The zero-order chi connectivity index (χ0) is 10.8. The van der Waals surface area contributed by atoms with Crippen LogP contribution in [0, 0.1) is 13.8 Å². The van der Waals surface area contributed by atoms with Crippen LogP contribution >= 0.6 is 0 Å². The number of aryl methyl sites for hydroxylation is 1. The quantitative estimate of drug-likeness (QED) is 0.736. The highest BCUT2D eigenvalue weighted by atomic mass is 16.5. The molecule has 0 spiro atoms. The van der Waals surface area contributed by atoms with Gasteiger partial charge in [-0.25, -0.2) is 0 Å². The zero-order valence-corrected chi connectivity index (χ0v) is 9.21. The number of morpholine rings is 1. The van der Waals surface area contributed by atoms with Gasteiger partial charge in [-0.2, -0.15) is 0 Å². The number of rotatable bonds is 1. The third kappa shape index (κ3) is 1.98. The molecule has 1 saturated heterocycles. The van der Waals surface area contributed by atoms with Crippen molar-refractivity contribution in [3.05, 3.63) is 28.8 Å². The third-order valence-electron chi connectivity index (χ3n) is 3.01. The molecule has 1 unspecified atom stereocenters. The number of nitrogens with one attached hydrogen (secondary N) is 1. The average Bonchev–Trinajstić information content (AvgIpc) is 2.26. The van der Waals surface area contributed by atoms with Gasteiger partial charge in [-0.15, -0.1) is 0 Å². The second kappa shape index (κ2) is 4.21. The van der Waals surface area contributed by atoms with Gasteiger partial charge in [0.15, 0.2) is 0 Å². The van der Waals surface area contributed by atoms with Gasteiger partial charge in [0, 0.05) is 18.7 Å². The average molecular weight is 207 g/mol. The van der Waals surface area contributed by atoms with Crippen LogP contribution in [0.1, 0.15) is 22.8 Å². The third-order valence-corrected chi connectivity index (χ3v) is 3.01. The molecule has 1 heterocycles.